The van der Waals surface area contributed by atoms with Gasteiger partial charge in [-0.15, -0.1) is 0 Å². The van der Waals surface area contributed by atoms with Crippen LogP contribution in [0, 0.1) is 20.2 Å². The third-order valence-corrected chi connectivity index (χ3v) is 1.79. The van der Waals surface area contributed by atoms with Gasteiger partial charge in [0.25, 0.3) is 11.4 Å². The first-order valence-corrected chi connectivity index (χ1v) is 4.09. The Kier molecular flexibility index (Phi) is 3.61. The summed E-state index contributed by atoms with van der Waals surface area (Å²) in [5.41, 5.74) is 13.5. The van der Waals surface area contributed by atoms with Crippen molar-refractivity contribution in [1.29, 1.82) is 0 Å². The van der Waals surface area contributed by atoms with Crippen LogP contribution >= 0.6 is 0 Å². The second-order valence-corrected chi connectivity index (χ2v) is 2.69. The molecule has 90 valence electrons. The van der Waals surface area contributed by atoms with Gasteiger partial charge in [0.2, 0.25) is 0 Å². The molecular weight excluding hydrogens is 248 g/mol. The Morgan fingerprint density at radius 1 is 1.06 bits per heavy atom. The Bertz CT molecular complexity index is 600. The highest BCUT2D eigenvalue weighted by Crippen LogP contribution is 2.43. The first-order valence-electron chi connectivity index (χ1n) is 4.09. The fourth-order valence-electron chi connectivity index (χ4n) is 1.16. The van der Waals surface area contributed by atoms with Crippen molar-refractivity contribution in [2.24, 2.45) is 10.2 Å². The molecule has 0 saturated carbocycles. The third-order valence-electron chi connectivity index (χ3n) is 1.79. The Labute approximate surface area is 97.0 Å². The molecule has 18 heavy (non-hydrogen) atoms. The number of hydrogen-bond acceptors (Lipinski definition) is 6. The van der Waals surface area contributed by atoms with Gasteiger partial charge in [-0.1, -0.05) is 5.11 Å². The van der Waals surface area contributed by atoms with Crippen molar-refractivity contribution in [3.63, 3.8) is 0 Å². The summed E-state index contributed by atoms with van der Waals surface area (Å²) < 4.78 is 0. The van der Waals surface area contributed by atoms with E-state index in [0.29, 0.717) is 0 Å². The van der Waals surface area contributed by atoms with Gasteiger partial charge in [0.1, 0.15) is 5.69 Å². The van der Waals surface area contributed by atoms with Gasteiger partial charge in [0.05, 0.1) is 9.85 Å². The van der Waals surface area contributed by atoms with Gasteiger partial charge in [-0.05, 0) is 22.2 Å². The van der Waals surface area contributed by atoms with Crippen LogP contribution in [0.25, 0.3) is 20.9 Å². The van der Waals surface area contributed by atoms with E-state index in [9.17, 15) is 20.2 Å². The molecule has 0 aliphatic heterocycles. The largest absolute Gasteiger partial charge is 0.295 e. The van der Waals surface area contributed by atoms with Gasteiger partial charge in [-0.2, -0.15) is 0 Å². The normalized spacial score (nSPS) is 8.89. The van der Waals surface area contributed by atoms with E-state index in [0.717, 1.165) is 12.1 Å². The van der Waals surface area contributed by atoms with Crippen LogP contribution in [0.3, 0.4) is 0 Å². The number of nitro benzene ring substituents is 2. The van der Waals surface area contributed by atoms with Crippen LogP contribution < -0.4 is 0 Å². The van der Waals surface area contributed by atoms with Crippen LogP contribution in [-0.4, -0.2) is 9.85 Å². The first-order chi connectivity index (χ1) is 8.52. The van der Waals surface area contributed by atoms with Gasteiger partial charge in [-0.25, -0.2) is 0 Å². The minimum absolute atomic E-state index is 0.476. The second-order valence-electron chi connectivity index (χ2n) is 2.69. The average molecular weight is 250 g/mol. The number of nitro groups is 2. The maximum atomic E-state index is 10.8. The molecule has 0 aliphatic carbocycles. The summed E-state index contributed by atoms with van der Waals surface area (Å²) in [6, 6.07) is 1.74. The Morgan fingerprint density at radius 3 is 2.11 bits per heavy atom. The van der Waals surface area contributed by atoms with E-state index in [1.165, 1.54) is 0 Å². The molecule has 0 heterocycles. The smallest absolute Gasteiger partial charge is 0.258 e. The molecule has 1 aromatic rings. The van der Waals surface area contributed by atoms with Gasteiger partial charge in [-0.3, -0.25) is 20.2 Å². The van der Waals surface area contributed by atoms with Crippen LogP contribution in [0.4, 0.5) is 22.7 Å². The molecule has 0 amide bonds. The van der Waals surface area contributed by atoms with E-state index in [2.05, 4.69) is 20.1 Å². The van der Waals surface area contributed by atoms with E-state index in [4.69, 9.17) is 11.1 Å². The lowest BCUT2D eigenvalue weighted by Gasteiger charge is -2.00. The molecule has 0 spiro atoms. The van der Waals surface area contributed by atoms with Crippen molar-refractivity contribution in [2.75, 3.05) is 0 Å². The van der Waals surface area contributed by atoms with Gasteiger partial charge < -0.3 is 0 Å². The number of rotatable bonds is 4. The molecule has 12 heteroatoms. The first kappa shape index (κ1) is 12.7. The average Bonchev–Trinajstić information content (AvgIpc) is 2.29. The minimum atomic E-state index is -1.03. The molecule has 0 N–H and O–H groups in total. The van der Waals surface area contributed by atoms with Gasteiger partial charge in [0.15, 0.2) is 5.69 Å². The van der Waals surface area contributed by atoms with Crippen molar-refractivity contribution in [1.82, 2.24) is 0 Å². The fourth-order valence-corrected chi connectivity index (χ4v) is 1.16. The molecule has 12 nitrogen and oxygen atoms in total. The van der Waals surface area contributed by atoms with E-state index < -0.39 is 32.6 Å². The SMILES string of the molecule is [N-]=[N+]=Nc1ccc([N+](=O)[O-])c(N=[N+]=[N-])c1[N+](=O)[O-]. The van der Waals surface area contributed by atoms with E-state index in [1.807, 2.05) is 0 Å². The van der Waals surface area contributed by atoms with Crippen molar-refractivity contribution in [3.8, 4) is 0 Å². The number of azide groups is 2. The van der Waals surface area contributed by atoms with Gasteiger partial charge >= 0.3 is 0 Å². The Morgan fingerprint density at radius 2 is 1.67 bits per heavy atom. The van der Waals surface area contributed by atoms with E-state index in [1.54, 1.807) is 0 Å². The topological polar surface area (TPSA) is 184 Å². The molecule has 1 aromatic carbocycles. The third kappa shape index (κ3) is 2.24. The fraction of sp³-hybridized carbons (Fsp3) is 0. The number of nitrogens with zero attached hydrogens (tertiary/aromatic N) is 8. The second kappa shape index (κ2) is 5.12. The summed E-state index contributed by atoms with van der Waals surface area (Å²) in [6.45, 7) is 0. The zero-order valence-electron chi connectivity index (χ0n) is 8.37. The standard InChI is InChI=1S/C6H2N8O4/c7-11-9-3-1-2-4(13(15)16)5(10-12-8)6(3)14(17)18/h1-2H. The monoisotopic (exact) mass is 250 g/mol. The summed E-state index contributed by atoms with van der Waals surface area (Å²) in [7, 11) is 0. The molecule has 0 bridgehead atoms. The molecular formula is C6H2N8O4. The Balaban J connectivity index is 3.81. The van der Waals surface area contributed by atoms with Crippen molar-refractivity contribution >= 4 is 22.7 Å². The Hall–Kier alpha value is -3.36. The quantitative estimate of drug-likeness (QED) is 0.260. The van der Waals surface area contributed by atoms with E-state index >= 15 is 0 Å². The lowest BCUT2D eigenvalue weighted by atomic mass is 10.2. The highest BCUT2D eigenvalue weighted by molar-refractivity contribution is 5.79. The highest BCUT2D eigenvalue weighted by Gasteiger charge is 2.27. The molecule has 0 unspecified atom stereocenters. The summed E-state index contributed by atoms with van der Waals surface area (Å²) in [4.78, 5) is 24.1. The van der Waals surface area contributed by atoms with Crippen molar-refractivity contribution < 1.29 is 9.85 Å². The molecule has 0 fully saturated rings. The van der Waals surface area contributed by atoms with Gasteiger partial charge in [0, 0.05) is 15.9 Å². The van der Waals surface area contributed by atoms with Crippen LogP contribution in [-0.2, 0) is 0 Å². The predicted octanol–water partition coefficient (Wildman–Crippen LogP) is 3.39. The number of benzene rings is 1. The van der Waals surface area contributed by atoms with E-state index in [-0.39, 0.29) is 0 Å². The number of hydrogen-bond donors (Lipinski definition) is 0. The molecule has 0 aromatic heterocycles. The maximum Gasteiger partial charge on any atom is 0.295 e. The summed E-state index contributed by atoms with van der Waals surface area (Å²) in [5, 5.41) is 27.3. The summed E-state index contributed by atoms with van der Waals surface area (Å²) >= 11 is 0. The highest BCUT2D eigenvalue weighted by atomic mass is 16.6. The molecule has 0 aliphatic rings. The molecule has 0 saturated heterocycles. The van der Waals surface area contributed by atoms with Crippen molar-refractivity contribution in [2.45, 2.75) is 0 Å². The van der Waals surface area contributed by atoms with Crippen LogP contribution in [0.1, 0.15) is 0 Å². The summed E-state index contributed by atoms with van der Waals surface area (Å²) in [6.07, 6.45) is 0. The van der Waals surface area contributed by atoms with Crippen molar-refractivity contribution in [3.05, 3.63) is 53.2 Å². The zero-order chi connectivity index (χ0) is 13.7. The van der Waals surface area contributed by atoms with Crippen LogP contribution in [0.15, 0.2) is 22.4 Å². The predicted molar refractivity (Wildman–Crippen MR) is 57.4 cm³/mol. The summed E-state index contributed by atoms with van der Waals surface area (Å²) in [5.74, 6) is 0. The zero-order valence-corrected chi connectivity index (χ0v) is 8.37. The maximum absolute atomic E-state index is 10.8. The lowest BCUT2D eigenvalue weighted by molar-refractivity contribution is -0.392. The molecule has 0 atom stereocenters. The van der Waals surface area contributed by atoms with Crippen LogP contribution in [0.5, 0.6) is 0 Å². The van der Waals surface area contributed by atoms with Crippen LogP contribution in [0.2, 0.25) is 0 Å². The lowest BCUT2D eigenvalue weighted by Crippen LogP contribution is -1.94. The minimum Gasteiger partial charge on any atom is -0.258 e. The molecule has 1 rings (SSSR count). The molecule has 0 radical (unpaired) electrons.